The lowest BCUT2D eigenvalue weighted by Crippen LogP contribution is -2.28. The van der Waals surface area contributed by atoms with Crippen LogP contribution in [-0.2, 0) is 16.2 Å². The first-order chi connectivity index (χ1) is 14.9. The number of nitrogens with zero attached hydrogens (tertiary/aromatic N) is 4. The first-order valence-corrected chi connectivity index (χ1v) is 10.4. The monoisotopic (exact) mass is 447 g/mol. The number of hydrogen-bond acceptors (Lipinski definition) is 7. The molecule has 8 nitrogen and oxygen atoms in total. The molecule has 0 aliphatic carbocycles. The molecule has 11 heteroatoms. The topological polar surface area (TPSA) is 90.6 Å². The van der Waals surface area contributed by atoms with E-state index in [4.69, 9.17) is 4.84 Å². The van der Waals surface area contributed by atoms with Gasteiger partial charge in [0.25, 0.3) is 5.91 Å². The molecule has 2 aromatic heterocycles. The largest absolute Gasteiger partial charge is 0.435 e. The Bertz CT molecular complexity index is 1110. The summed E-state index contributed by atoms with van der Waals surface area (Å²) in [6.45, 7) is 1.75. The number of halogens is 2. The number of amides is 1. The van der Waals surface area contributed by atoms with Gasteiger partial charge in [0.15, 0.2) is 5.13 Å². The van der Waals surface area contributed by atoms with Crippen LogP contribution in [-0.4, -0.2) is 39.1 Å². The van der Waals surface area contributed by atoms with Gasteiger partial charge >= 0.3 is 6.61 Å². The highest BCUT2D eigenvalue weighted by atomic mass is 32.1. The molecule has 0 saturated heterocycles. The van der Waals surface area contributed by atoms with E-state index in [0.29, 0.717) is 28.5 Å². The molecule has 31 heavy (non-hydrogen) atoms. The van der Waals surface area contributed by atoms with Crippen molar-refractivity contribution in [3.63, 3.8) is 0 Å². The van der Waals surface area contributed by atoms with Crippen molar-refractivity contribution in [3.05, 3.63) is 47.1 Å². The van der Waals surface area contributed by atoms with Gasteiger partial charge in [-0.15, -0.1) is 11.3 Å². The predicted molar refractivity (Wildman–Crippen MR) is 111 cm³/mol. The van der Waals surface area contributed by atoms with Crippen LogP contribution >= 0.6 is 11.3 Å². The standard InChI is InChI=1S/C20H19F2N5O3S/c1-3-27-9-14(11(2)25-27)15-8-17(30-26-15)18(28)24-20-23-16(10-31-20)12-4-6-13(7-5-12)29-19(21)22/h4-7,9-10,17,19H,3,8H2,1-2H3,(H,23,24,28). The van der Waals surface area contributed by atoms with Gasteiger partial charge in [-0.1, -0.05) is 5.16 Å². The Balaban J connectivity index is 1.37. The third-order valence-electron chi connectivity index (χ3n) is 4.65. The van der Waals surface area contributed by atoms with Gasteiger partial charge in [0.2, 0.25) is 6.10 Å². The van der Waals surface area contributed by atoms with Gasteiger partial charge in [-0.3, -0.25) is 14.8 Å². The first-order valence-electron chi connectivity index (χ1n) is 9.51. The third-order valence-corrected chi connectivity index (χ3v) is 5.41. The fourth-order valence-electron chi connectivity index (χ4n) is 3.10. The zero-order valence-electron chi connectivity index (χ0n) is 16.7. The molecule has 1 N–H and O–H groups in total. The number of anilines is 1. The minimum absolute atomic E-state index is 0.0661. The first kappa shape index (κ1) is 20.9. The van der Waals surface area contributed by atoms with Crippen LogP contribution in [0.1, 0.15) is 24.6 Å². The Kier molecular flexibility index (Phi) is 5.94. The molecule has 0 bridgehead atoms. The van der Waals surface area contributed by atoms with E-state index in [-0.39, 0.29) is 11.7 Å². The van der Waals surface area contributed by atoms with Crippen LogP contribution in [0.15, 0.2) is 41.0 Å². The highest BCUT2D eigenvalue weighted by Gasteiger charge is 2.31. The molecule has 1 atom stereocenters. The van der Waals surface area contributed by atoms with E-state index >= 15 is 0 Å². The maximum Gasteiger partial charge on any atom is 0.387 e. The molecule has 162 valence electrons. The van der Waals surface area contributed by atoms with Gasteiger partial charge in [0.1, 0.15) is 5.75 Å². The van der Waals surface area contributed by atoms with Crippen molar-refractivity contribution in [3.8, 4) is 17.0 Å². The van der Waals surface area contributed by atoms with Gasteiger partial charge in [0.05, 0.1) is 17.1 Å². The summed E-state index contributed by atoms with van der Waals surface area (Å²) < 4.78 is 30.7. The number of carbonyl (C=O) groups is 1. The van der Waals surface area contributed by atoms with Crippen LogP contribution in [0, 0.1) is 6.92 Å². The number of benzene rings is 1. The average molecular weight is 447 g/mol. The summed E-state index contributed by atoms with van der Waals surface area (Å²) >= 11 is 1.25. The van der Waals surface area contributed by atoms with Crippen molar-refractivity contribution in [2.24, 2.45) is 5.16 Å². The Morgan fingerprint density at radius 3 is 2.84 bits per heavy atom. The van der Waals surface area contributed by atoms with E-state index in [1.807, 2.05) is 24.7 Å². The molecule has 1 aliphatic rings. The quantitative estimate of drug-likeness (QED) is 0.590. The van der Waals surface area contributed by atoms with Crippen LogP contribution < -0.4 is 10.1 Å². The Hall–Kier alpha value is -3.34. The second-order valence-electron chi connectivity index (χ2n) is 6.75. The second-order valence-corrected chi connectivity index (χ2v) is 7.61. The van der Waals surface area contributed by atoms with Crippen LogP contribution in [0.4, 0.5) is 13.9 Å². The number of carbonyl (C=O) groups excluding carboxylic acids is 1. The maximum absolute atomic E-state index is 12.6. The van der Waals surface area contributed by atoms with Crippen molar-refractivity contribution in [2.75, 3.05) is 5.32 Å². The van der Waals surface area contributed by atoms with Crippen molar-refractivity contribution in [2.45, 2.75) is 39.5 Å². The predicted octanol–water partition coefficient (Wildman–Crippen LogP) is 4.07. The van der Waals surface area contributed by atoms with E-state index in [1.165, 1.54) is 23.5 Å². The second kappa shape index (κ2) is 8.80. The van der Waals surface area contributed by atoms with Gasteiger partial charge in [-0.05, 0) is 38.1 Å². The number of aromatic nitrogens is 3. The summed E-state index contributed by atoms with van der Waals surface area (Å²) in [6.07, 6.45) is 1.48. The van der Waals surface area contributed by atoms with Crippen molar-refractivity contribution in [1.29, 1.82) is 0 Å². The molecule has 3 aromatic rings. The van der Waals surface area contributed by atoms with Crippen LogP contribution in [0.25, 0.3) is 11.3 Å². The minimum Gasteiger partial charge on any atom is -0.435 e. The summed E-state index contributed by atoms with van der Waals surface area (Å²) in [7, 11) is 0. The van der Waals surface area contributed by atoms with Crippen molar-refractivity contribution < 1.29 is 23.1 Å². The molecule has 1 unspecified atom stereocenters. The number of ether oxygens (including phenoxy) is 1. The Morgan fingerprint density at radius 1 is 1.39 bits per heavy atom. The van der Waals surface area contributed by atoms with Gasteiger partial charge in [0, 0.05) is 35.7 Å². The highest BCUT2D eigenvalue weighted by Crippen LogP contribution is 2.28. The van der Waals surface area contributed by atoms with E-state index in [2.05, 4.69) is 25.3 Å². The molecule has 0 spiro atoms. The number of thiazole rings is 1. The third kappa shape index (κ3) is 4.71. The minimum atomic E-state index is -2.87. The van der Waals surface area contributed by atoms with E-state index < -0.39 is 12.7 Å². The number of alkyl halides is 2. The number of hydrogen-bond donors (Lipinski definition) is 1. The molecular weight excluding hydrogens is 428 g/mol. The lowest BCUT2D eigenvalue weighted by molar-refractivity contribution is -0.125. The Morgan fingerprint density at radius 2 is 2.16 bits per heavy atom. The summed E-state index contributed by atoms with van der Waals surface area (Å²) in [5, 5.41) is 13.4. The number of nitrogens with one attached hydrogen (secondary N) is 1. The normalized spacial score (nSPS) is 15.6. The summed E-state index contributed by atoms with van der Waals surface area (Å²) in [4.78, 5) is 22.3. The number of aryl methyl sites for hydroxylation is 2. The summed E-state index contributed by atoms with van der Waals surface area (Å²) in [6, 6.07) is 6.12. The average Bonchev–Trinajstić information content (AvgIpc) is 3.47. The maximum atomic E-state index is 12.6. The molecule has 1 amide bonds. The van der Waals surface area contributed by atoms with Crippen molar-refractivity contribution >= 4 is 28.1 Å². The molecule has 0 radical (unpaired) electrons. The van der Waals surface area contributed by atoms with Gasteiger partial charge < -0.3 is 9.57 Å². The number of rotatable bonds is 7. The zero-order chi connectivity index (χ0) is 22.0. The van der Waals surface area contributed by atoms with Gasteiger partial charge in [-0.25, -0.2) is 4.98 Å². The van der Waals surface area contributed by atoms with E-state index in [1.54, 1.807) is 17.5 Å². The summed E-state index contributed by atoms with van der Waals surface area (Å²) in [5.74, 6) is -0.280. The molecule has 0 fully saturated rings. The Labute approximate surface area is 180 Å². The molecule has 3 heterocycles. The lowest BCUT2D eigenvalue weighted by atomic mass is 10.1. The molecule has 0 saturated carbocycles. The van der Waals surface area contributed by atoms with Gasteiger partial charge in [-0.2, -0.15) is 13.9 Å². The van der Waals surface area contributed by atoms with Crippen LogP contribution in [0.5, 0.6) is 5.75 Å². The summed E-state index contributed by atoms with van der Waals surface area (Å²) in [5.41, 5.74) is 3.70. The fourth-order valence-corrected chi connectivity index (χ4v) is 3.82. The molecule has 1 aliphatic heterocycles. The molecule has 1 aromatic carbocycles. The fraction of sp³-hybridized carbons (Fsp3) is 0.300. The SMILES string of the molecule is CCn1cc(C2=NOC(C(=O)Nc3nc(-c4ccc(OC(F)F)cc4)cs3)C2)c(C)n1. The van der Waals surface area contributed by atoms with Crippen LogP contribution in [0.2, 0.25) is 0 Å². The van der Waals surface area contributed by atoms with E-state index in [9.17, 15) is 13.6 Å². The lowest BCUT2D eigenvalue weighted by Gasteiger charge is -2.07. The smallest absolute Gasteiger partial charge is 0.387 e. The molecular formula is C20H19F2N5O3S. The van der Waals surface area contributed by atoms with Crippen LogP contribution in [0.3, 0.4) is 0 Å². The van der Waals surface area contributed by atoms with E-state index in [0.717, 1.165) is 17.8 Å². The number of oxime groups is 1. The zero-order valence-corrected chi connectivity index (χ0v) is 17.5. The molecule has 4 rings (SSSR count). The van der Waals surface area contributed by atoms with Crippen molar-refractivity contribution in [1.82, 2.24) is 14.8 Å². The highest BCUT2D eigenvalue weighted by molar-refractivity contribution is 7.14.